The van der Waals surface area contributed by atoms with Gasteiger partial charge in [-0.15, -0.1) is 0 Å². The van der Waals surface area contributed by atoms with Gasteiger partial charge in [-0.1, -0.05) is 12.1 Å². The second kappa shape index (κ2) is 7.54. The Hall–Kier alpha value is -0.960. The van der Waals surface area contributed by atoms with Gasteiger partial charge in [0.25, 0.3) is 15.9 Å². The molecule has 1 amide bonds. The van der Waals surface area contributed by atoms with Crippen molar-refractivity contribution in [1.29, 1.82) is 0 Å². The molecule has 0 aliphatic carbocycles. The molecule has 0 radical (unpaired) electrons. The Labute approximate surface area is 138 Å². The lowest BCUT2D eigenvalue weighted by Gasteiger charge is -2.16. The largest absolute Gasteiger partial charge is 0.376 e. The zero-order valence-corrected chi connectivity index (χ0v) is 14.5. The van der Waals surface area contributed by atoms with Crippen molar-refractivity contribution < 1.29 is 22.7 Å². The number of carbonyl (C=O) groups is 1. The summed E-state index contributed by atoms with van der Waals surface area (Å²) in [5.74, 6) is -0.700. The van der Waals surface area contributed by atoms with E-state index in [9.17, 15) is 13.2 Å². The predicted molar refractivity (Wildman–Crippen MR) is 83.9 cm³/mol. The van der Waals surface area contributed by atoms with Gasteiger partial charge >= 0.3 is 0 Å². The van der Waals surface area contributed by atoms with Gasteiger partial charge in [-0.2, -0.15) is 0 Å². The first-order valence-corrected chi connectivity index (χ1v) is 9.22. The van der Waals surface area contributed by atoms with E-state index in [0.29, 0.717) is 11.1 Å². The normalized spacial score (nSPS) is 19.8. The Bertz CT molecular complexity index is 628. The van der Waals surface area contributed by atoms with Gasteiger partial charge in [-0.05, 0) is 47.8 Å². The third-order valence-electron chi connectivity index (χ3n) is 3.29. The van der Waals surface area contributed by atoms with Crippen LogP contribution >= 0.6 is 15.9 Å². The average Bonchev–Trinajstić information content (AvgIpc) is 2.97. The molecule has 0 bridgehead atoms. The van der Waals surface area contributed by atoms with Crippen molar-refractivity contribution in [2.45, 2.75) is 36.9 Å². The molecule has 1 aliphatic rings. The third kappa shape index (κ3) is 4.52. The number of rotatable bonds is 6. The van der Waals surface area contributed by atoms with E-state index in [1.165, 1.54) is 13.0 Å². The second-order valence-corrected chi connectivity index (χ2v) is 7.52. The monoisotopic (exact) mass is 391 g/mol. The maximum Gasteiger partial charge on any atom is 0.265 e. The minimum absolute atomic E-state index is 0.00896. The molecule has 0 aromatic heterocycles. The van der Waals surface area contributed by atoms with Crippen LogP contribution in [0.25, 0.3) is 0 Å². The lowest BCUT2D eigenvalue weighted by atomic mass is 10.2. The molecule has 1 N–H and O–H groups in total. The lowest BCUT2D eigenvalue weighted by molar-refractivity contribution is -0.131. The van der Waals surface area contributed by atoms with Crippen molar-refractivity contribution in [3.63, 3.8) is 0 Å². The first kappa shape index (κ1) is 17.4. The molecular weight excluding hydrogens is 374 g/mol. The van der Waals surface area contributed by atoms with E-state index in [0.717, 1.165) is 12.8 Å². The van der Waals surface area contributed by atoms with Crippen molar-refractivity contribution in [1.82, 2.24) is 4.72 Å². The highest BCUT2D eigenvalue weighted by molar-refractivity contribution is 9.10. The summed E-state index contributed by atoms with van der Waals surface area (Å²) < 4.78 is 37.6. The van der Waals surface area contributed by atoms with Crippen LogP contribution in [0.3, 0.4) is 0 Å². The molecule has 0 saturated carbocycles. The topological polar surface area (TPSA) is 81.7 Å². The van der Waals surface area contributed by atoms with E-state index in [-0.39, 0.29) is 17.6 Å². The molecule has 0 spiro atoms. The molecule has 1 aromatic carbocycles. The molecule has 2 atom stereocenters. The molecule has 8 heteroatoms. The van der Waals surface area contributed by atoms with Crippen LogP contribution in [0.2, 0.25) is 0 Å². The van der Waals surface area contributed by atoms with E-state index in [4.69, 9.17) is 9.47 Å². The van der Waals surface area contributed by atoms with Gasteiger partial charge < -0.3 is 9.47 Å². The highest BCUT2D eigenvalue weighted by atomic mass is 79.9. The zero-order chi connectivity index (χ0) is 16.2. The van der Waals surface area contributed by atoms with Gasteiger partial charge in [0, 0.05) is 11.1 Å². The first-order chi connectivity index (χ1) is 10.4. The molecule has 22 heavy (non-hydrogen) atoms. The Morgan fingerprint density at radius 1 is 1.50 bits per heavy atom. The van der Waals surface area contributed by atoms with Gasteiger partial charge in [0.1, 0.15) is 11.0 Å². The number of nitrogens with one attached hydrogen (secondary N) is 1. The van der Waals surface area contributed by atoms with E-state index in [1.807, 2.05) is 4.72 Å². The highest BCUT2D eigenvalue weighted by Gasteiger charge is 2.25. The smallest absolute Gasteiger partial charge is 0.265 e. The molecule has 1 aliphatic heterocycles. The zero-order valence-electron chi connectivity index (χ0n) is 12.1. The minimum Gasteiger partial charge on any atom is -0.376 e. The van der Waals surface area contributed by atoms with Crippen molar-refractivity contribution in [3.8, 4) is 0 Å². The number of halogens is 1. The summed E-state index contributed by atoms with van der Waals surface area (Å²) in [6, 6.07) is 6.29. The van der Waals surface area contributed by atoms with Crippen molar-refractivity contribution in [3.05, 3.63) is 28.7 Å². The summed E-state index contributed by atoms with van der Waals surface area (Å²) in [5.41, 5.74) is 0. The first-order valence-electron chi connectivity index (χ1n) is 6.94. The number of hydrogen-bond donors (Lipinski definition) is 1. The molecule has 1 saturated heterocycles. The van der Waals surface area contributed by atoms with Crippen molar-refractivity contribution in [2.24, 2.45) is 0 Å². The van der Waals surface area contributed by atoms with E-state index >= 15 is 0 Å². The Morgan fingerprint density at radius 2 is 2.23 bits per heavy atom. The summed E-state index contributed by atoms with van der Waals surface area (Å²) in [6.07, 6.45) is 0.978. The van der Waals surface area contributed by atoms with Crippen LogP contribution in [0.4, 0.5) is 0 Å². The van der Waals surface area contributed by atoms with Gasteiger partial charge in [0.15, 0.2) is 0 Å². The van der Waals surface area contributed by atoms with E-state index < -0.39 is 22.0 Å². The Balaban J connectivity index is 1.93. The highest BCUT2D eigenvalue weighted by Crippen LogP contribution is 2.21. The third-order valence-corrected chi connectivity index (χ3v) is 5.65. The standard InChI is InChI=1S/C14H18BrNO5S/c1-10(21-9-11-5-4-8-20-11)14(17)16-22(18,19)13-7-3-2-6-12(13)15/h2-3,6-7,10-11H,4-5,8-9H2,1H3,(H,16,17)/t10-,11+/m0/s1. The Morgan fingerprint density at radius 3 is 2.86 bits per heavy atom. The number of amides is 1. The molecule has 122 valence electrons. The summed E-state index contributed by atoms with van der Waals surface area (Å²) in [7, 11) is -3.93. The number of sulfonamides is 1. The molecule has 1 heterocycles. The molecule has 1 fully saturated rings. The van der Waals surface area contributed by atoms with E-state index in [2.05, 4.69) is 15.9 Å². The fourth-order valence-corrected chi connectivity index (χ4v) is 4.08. The fourth-order valence-electron chi connectivity index (χ4n) is 2.04. The maximum atomic E-state index is 12.2. The second-order valence-electron chi connectivity index (χ2n) is 5.01. The SMILES string of the molecule is C[C@H](OC[C@H]1CCCO1)C(=O)NS(=O)(=O)c1ccccc1Br. The Kier molecular flexibility index (Phi) is 5.96. The minimum atomic E-state index is -3.93. The number of benzene rings is 1. The lowest BCUT2D eigenvalue weighted by Crippen LogP contribution is -2.39. The van der Waals surface area contributed by atoms with Crippen molar-refractivity contribution >= 4 is 31.9 Å². The number of carbonyl (C=O) groups excluding carboxylic acids is 1. The van der Waals surface area contributed by atoms with Gasteiger partial charge in [0.05, 0.1) is 12.7 Å². The van der Waals surface area contributed by atoms with Crippen LogP contribution in [0, 0.1) is 0 Å². The molecular formula is C14H18BrNO5S. The van der Waals surface area contributed by atoms with Gasteiger partial charge in [0.2, 0.25) is 0 Å². The molecule has 2 rings (SSSR count). The summed E-state index contributed by atoms with van der Waals surface area (Å²) >= 11 is 3.16. The van der Waals surface area contributed by atoms with Crippen LogP contribution in [0.1, 0.15) is 19.8 Å². The van der Waals surface area contributed by atoms with Crippen LogP contribution in [0.5, 0.6) is 0 Å². The quantitative estimate of drug-likeness (QED) is 0.799. The average molecular weight is 392 g/mol. The maximum absolute atomic E-state index is 12.2. The van der Waals surface area contributed by atoms with Crippen molar-refractivity contribution in [2.75, 3.05) is 13.2 Å². The number of ether oxygens (including phenoxy) is 2. The predicted octanol–water partition coefficient (Wildman–Crippen LogP) is 1.84. The summed E-state index contributed by atoms with van der Waals surface area (Å²) in [4.78, 5) is 12.0. The fraction of sp³-hybridized carbons (Fsp3) is 0.500. The summed E-state index contributed by atoms with van der Waals surface area (Å²) in [6.45, 7) is 2.49. The van der Waals surface area contributed by atoms with Crippen LogP contribution in [-0.4, -0.2) is 39.7 Å². The molecule has 0 unspecified atom stereocenters. The van der Waals surface area contributed by atoms with Gasteiger partial charge in [-0.25, -0.2) is 13.1 Å². The van der Waals surface area contributed by atoms with Crippen LogP contribution < -0.4 is 4.72 Å². The summed E-state index contributed by atoms with van der Waals surface area (Å²) in [5, 5.41) is 0. The van der Waals surface area contributed by atoms with Gasteiger partial charge in [-0.3, -0.25) is 4.79 Å². The molecule has 1 aromatic rings. The van der Waals surface area contributed by atoms with E-state index in [1.54, 1.807) is 18.2 Å². The van der Waals surface area contributed by atoms with Crippen LogP contribution in [-0.2, 0) is 24.3 Å². The van der Waals surface area contributed by atoms with Crippen LogP contribution in [0.15, 0.2) is 33.6 Å². The number of hydrogen-bond acceptors (Lipinski definition) is 5. The molecule has 6 nitrogen and oxygen atoms in total.